The van der Waals surface area contributed by atoms with Gasteiger partial charge < -0.3 is 10.0 Å². The van der Waals surface area contributed by atoms with Crippen LogP contribution in [0.1, 0.15) is 34.5 Å². The molecule has 0 spiro atoms. The average Bonchev–Trinajstić information content (AvgIpc) is 3.15. The number of carbonyl (C=O) groups is 1. The zero-order valence-electron chi connectivity index (χ0n) is 11.2. The van der Waals surface area contributed by atoms with E-state index in [0.29, 0.717) is 29.5 Å². The fraction of sp³-hybridized carbons (Fsp3) is 0.500. The van der Waals surface area contributed by atoms with Crippen molar-refractivity contribution >= 4 is 11.8 Å². The van der Waals surface area contributed by atoms with Gasteiger partial charge in [0.15, 0.2) is 5.82 Å². The van der Waals surface area contributed by atoms with Crippen molar-refractivity contribution in [3.8, 4) is 12.3 Å². The summed E-state index contributed by atoms with van der Waals surface area (Å²) in [5, 5.41) is 17.5. The average molecular weight is 259 g/mol. The Morgan fingerprint density at radius 1 is 1.47 bits per heavy atom. The summed E-state index contributed by atoms with van der Waals surface area (Å²) in [6.07, 6.45) is 7.71. The van der Waals surface area contributed by atoms with Crippen molar-refractivity contribution in [1.82, 2.24) is 10.2 Å². The van der Waals surface area contributed by atoms with E-state index in [4.69, 9.17) is 6.42 Å². The van der Waals surface area contributed by atoms with Gasteiger partial charge in [0.25, 0.3) is 0 Å². The molecule has 1 N–H and O–H groups in total. The zero-order valence-corrected chi connectivity index (χ0v) is 11.2. The van der Waals surface area contributed by atoms with Crippen LogP contribution in [0, 0.1) is 32.1 Å². The van der Waals surface area contributed by atoms with Gasteiger partial charge in [-0.2, -0.15) is 5.10 Å². The summed E-state index contributed by atoms with van der Waals surface area (Å²) in [7, 11) is 0. The third-order valence-electron chi connectivity index (χ3n) is 3.41. The number of hydrogen-bond donors (Lipinski definition) is 1. The highest BCUT2D eigenvalue weighted by Crippen LogP contribution is 2.32. The molecule has 0 bridgehead atoms. The summed E-state index contributed by atoms with van der Waals surface area (Å²) >= 11 is 0. The molecule has 5 heteroatoms. The van der Waals surface area contributed by atoms with Crippen molar-refractivity contribution in [1.29, 1.82) is 0 Å². The van der Waals surface area contributed by atoms with Crippen LogP contribution in [0.25, 0.3) is 0 Å². The second kappa shape index (κ2) is 5.27. The molecule has 19 heavy (non-hydrogen) atoms. The van der Waals surface area contributed by atoms with E-state index in [9.17, 15) is 9.90 Å². The van der Waals surface area contributed by atoms with Crippen molar-refractivity contribution < 1.29 is 9.90 Å². The quantitative estimate of drug-likeness (QED) is 0.814. The molecule has 1 saturated carbocycles. The third kappa shape index (κ3) is 2.84. The van der Waals surface area contributed by atoms with Gasteiger partial charge in [0.05, 0.1) is 12.2 Å². The Morgan fingerprint density at radius 3 is 2.68 bits per heavy atom. The van der Waals surface area contributed by atoms with E-state index in [1.807, 2.05) is 4.90 Å². The van der Waals surface area contributed by atoms with Gasteiger partial charge in [-0.25, -0.2) is 4.79 Å². The molecule has 100 valence electrons. The number of nitrogens with zero attached hydrogens (tertiary/aromatic N) is 3. The first-order chi connectivity index (χ1) is 9.04. The maximum Gasteiger partial charge on any atom is 0.339 e. The van der Waals surface area contributed by atoms with Gasteiger partial charge in [0.2, 0.25) is 0 Å². The first kappa shape index (κ1) is 13.3. The minimum absolute atomic E-state index is 0.211. The number of aromatic nitrogens is 2. The molecule has 5 nitrogen and oxygen atoms in total. The van der Waals surface area contributed by atoms with Crippen molar-refractivity contribution in [3.63, 3.8) is 0 Å². The second-order valence-corrected chi connectivity index (χ2v) is 4.94. The van der Waals surface area contributed by atoms with Gasteiger partial charge in [0, 0.05) is 6.54 Å². The number of anilines is 1. The first-order valence-corrected chi connectivity index (χ1v) is 6.30. The van der Waals surface area contributed by atoms with Gasteiger partial charge in [-0.3, -0.25) is 0 Å². The molecule has 1 fully saturated rings. The van der Waals surface area contributed by atoms with E-state index in [0.717, 1.165) is 6.54 Å². The number of rotatable bonds is 5. The minimum Gasteiger partial charge on any atom is -0.478 e. The molecule has 1 heterocycles. The molecule has 0 saturated heterocycles. The van der Waals surface area contributed by atoms with Crippen LogP contribution in [0.4, 0.5) is 5.82 Å². The van der Waals surface area contributed by atoms with Crippen LogP contribution in [0.2, 0.25) is 0 Å². The number of aromatic carboxylic acids is 1. The lowest BCUT2D eigenvalue weighted by molar-refractivity contribution is 0.0696. The second-order valence-electron chi connectivity index (χ2n) is 4.94. The van der Waals surface area contributed by atoms with Crippen molar-refractivity contribution in [3.05, 3.63) is 16.8 Å². The highest BCUT2D eigenvalue weighted by molar-refractivity contribution is 5.95. The lowest BCUT2D eigenvalue weighted by Gasteiger charge is -2.23. The van der Waals surface area contributed by atoms with E-state index < -0.39 is 5.97 Å². The monoisotopic (exact) mass is 259 g/mol. The Kier molecular flexibility index (Phi) is 3.70. The first-order valence-electron chi connectivity index (χ1n) is 6.30. The predicted octanol–water partition coefficient (Wildman–Crippen LogP) is 1.64. The summed E-state index contributed by atoms with van der Waals surface area (Å²) in [5.41, 5.74) is 1.49. The van der Waals surface area contributed by atoms with Crippen LogP contribution in [0.3, 0.4) is 0 Å². The molecule has 0 unspecified atom stereocenters. The van der Waals surface area contributed by atoms with E-state index in [2.05, 4.69) is 16.1 Å². The number of aryl methyl sites for hydroxylation is 1. The third-order valence-corrected chi connectivity index (χ3v) is 3.41. The Hall–Kier alpha value is -2.09. The van der Waals surface area contributed by atoms with Gasteiger partial charge in [-0.15, -0.1) is 11.5 Å². The highest BCUT2D eigenvalue weighted by atomic mass is 16.4. The van der Waals surface area contributed by atoms with Crippen LogP contribution in [0.15, 0.2) is 0 Å². The molecular weight excluding hydrogens is 242 g/mol. The largest absolute Gasteiger partial charge is 0.478 e. The molecule has 1 aliphatic rings. The summed E-state index contributed by atoms with van der Waals surface area (Å²) < 4.78 is 0. The van der Waals surface area contributed by atoms with Gasteiger partial charge in [-0.1, -0.05) is 5.92 Å². The Balaban J connectivity index is 2.42. The van der Waals surface area contributed by atoms with Crippen LogP contribution in [-0.4, -0.2) is 34.4 Å². The Labute approximate surface area is 112 Å². The standard InChI is InChI=1S/C14H17N3O2/c1-4-7-17(8-11-5-6-11)13-12(14(18)19)9(2)10(3)15-16-13/h1,11H,5-8H2,2-3H3,(H,18,19). The predicted molar refractivity (Wildman–Crippen MR) is 72.2 cm³/mol. The van der Waals surface area contributed by atoms with Crippen LogP contribution >= 0.6 is 0 Å². The summed E-state index contributed by atoms with van der Waals surface area (Å²) in [4.78, 5) is 13.3. The molecule has 1 aliphatic carbocycles. The van der Waals surface area contributed by atoms with E-state index in [1.165, 1.54) is 12.8 Å². The lowest BCUT2D eigenvalue weighted by atomic mass is 10.1. The fourth-order valence-corrected chi connectivity index (χ4v) is 2.02. The van der Waals surface area contributed by atoms with Gasteiger partial charge in [0.1, 0.15) is 5.56 Å². The van der Waals surface area contributed by atoms with Crippen LogP contribution in [-0.2, 0) is 0 Å². The SMILES string of the molecule is C#CCN(CC1CC1)c1nnc(C)c(C)c1C(=O)O. The molecule has 0 atom stereocenters. The lowest BCUT2D eigenvalue weighted by Crippen LogP contribution is -2.30. The Bertz CT molecular complexity index is 544. The maximum atomic E-state index is 11.5. The molecular formula is C14H17N3O2. The number of terminal acetylenes is 1. The van der Waals surface area contributed by atoms with Gasteiger partial charge in [-0.05, 0) is 38.2 Å². The number of hydrogen-bond acceptors (Lipinski definition) is 4. The van der Waals surface area contributed by atoms with E-state index in [-0.39, 0.29) is 5.56 Å². The molecule has 2 rings (SSSR count). The van der Waals surface area contributed by atoms with Crippen molar-refractivity contribution in [2.75, 3.05) is 18.0 Å². The van der Waals surface area contributed by atoms with Crippen LogP contribution in [0.5, 0.6) is 0 Å². The molecule has 1 aromatic rings. The van der Waals surface area contributed by atoms with Crippen molar-refractivity contribution in [2.24, 2.45) is 5.92 Å². The molecule has 0 amide bonds. The molecule has 0 aromatic carbocycles. The Morgan fingerprint density at radius 2 is 2.16 bits per heavy atom. The maximum absolute atomic E-state index is 11.5. The zero-order chi connectivity index (χ0) is 14.0. The molecule has 0 radical (unpaired) electrons. The number of carboxylic acids is 1. The van der Waals surface area contributed by atoms with E-state index in [1.54, 1.807) is 13.8 Å². The molecule has 1 aromatic heterocycles. The van der Waals surface area contributed by atoms with E-state index >= 15 is 0 Å². The topological polar surface area (TPSA) is 66.3 Å². The summed E-state index contributed by atoms with van der Waals surface area (Å²) in [5.74, 6) is 2.57. The summed E-state index contributed by atoms with van der Waals surface area (Å²) in [6, 6.07) is 0. The normalized spacial score (nSPS) is 13.9. The van der Waals surface area contributed by atoms with Gasteiger partial charge >= 0.3 is 5.97 Å². The minimum atomic E-state index is -0.983. The fourth-order valence-electron chi connectivity index (χ4n) is 2.02. The molecule has 0 aliphatic heterocycles. The van der Waals surface area contributed by atoms with Crippen molar-refractivity contribution in [2.45, 2.75) is 26.7 Å². The van der Waals surface area contributed by atoms with Crippen LogP contribution < -0.4 is 4.90 Å². The number of carboxylic acid groups (broad SMARTS) is 1. The summed E-state index contributed by atoms with van der Waals surface area (Å²) in [6.45, 7) is 4.61. The highest BCUT2D eigenvalue weighted by Gasteiger charge is 2.28. The smallest absolute Gasteiger partial charge is 0.339 e.